The van der Waals surface area contributed by atoms with Crippen LogP contribution in [-0.2, 0) is 11.3 Å². The summed E-state index contributed by atoms with van der Waals surface area (Å²) in [6.07, 6.45) is 0. The van der Waals surface area contributed by atoms with Gasteiger partial charge in [-0.3, -0.25) is 9.69 Å². The first-order valence-corrected chi connectivity index (χ1v) is 9.07. The molecule has 2 aromatic carbocycles. The van der Waals surface area contributed by atoms with Crippen molar-refractivity contribution < 1.29 is 4.79 Å². The lowest BCUT2D eigenvalue weighted by Gasteiger charge is -2.18. The van der Waals surface area contributed by atoms with Crippen LogP contribution in [0.3, 0.4) is 0 Å². The summed E-state index contributed by atoms with van der Waals surface area (Å²) in [5.74, 6) is -0.116. The van der Waals surface area contributed by atoms with Gasteiger partial charge in [-0.25, -0.2) is 4.79 Å². The number of aromatic nitrogens is 2. The molecule has 1 amide bonds. The van der Waals surface area contributed by atoms with E-state index in [1.807, 2.05) is 11.9 Å². The molecule has 0 aliphatic heterocycles. The van der Waals surface area contributed by atoms with E-state index in [2.05, 4.69) is 63.3 Å². The van der Waals surface area contributed by atoms with E-state index in [1.54, 1.807) is 12.1 Å². The molecular formula is C19H21BrN4O2. The van der Waals surface area contributed by atoms with E-state index in [1.165, 1.54) is 16.7 Å². The van der Waals surface area contributed by atoms with E-state index in [0.717, 1.165) is 0 Å². The van der Waals surface area contributed by atoms with Crippen molar-refractivity contribution in [1.29, 1.82) is 0 Å². The van der Waals surface area contributed by atoms with Crippen molar-refractivity contribution in [2.24, 2.45) is 0 Å². The smallest absolute Gasteiger partial charge is 0.323 e. The Bertz CT molecular complexity index is 1020. The number of amides is 1. The number of anilines is 1. The highest BCUT2D eigenvalue weighted by molar-refractivity contribution is 9.10. The summed E-state index contributed by atoms with van der Waals surface area (Å²) in [5.41, 5.74) is 5.35. The summed E-state index contributed by atoms with van der Waals surface area (Å²) >= 11 is 3.43. The summed E-state index contributed by atoms with van der Waals surface area (Å²) in [5, 5.41) is 2.89. The number of carbonyl (C=O) groups is 1. The maximum Gasteiger partial charge on any atom is 0.323 e. The predicted octanol–water partition coefficient (Wildman–Crippen LogP) is 3.31. The van der Waals surface area contributed by atoms with Crippen molar-refractivity contribution in [1.82, 2.24) is 14.9 Å². The first-order valence-electron chi connectivity index (χ1n) is 8.28. The van der Waals surface area contributed by atoms with E-state index in [4.69, 9.17) is 0 Å². The lowest BCUT2D eigenvalue weighted by Crippen LogP contribution is -2.30. The topological polar surface area (TPSA) is 81.0 Å². The number of nitrogens with zero attached hydrogens (tertiary/aromatic N) is 1. The number of H-pyrrole nitrogens is 2. The Morgan fingerprint density at radius 3 is 2.54 bits per heavy atom. The van der Waals surface area contributed by atoms with Gasteiger partial charge in [0.05, 0.1) is 23.3 Å². The lowest BCUT2D eigenvalue weighted by atomic mass is 10.1. The fourth-order valence-corrected chi connectivity index (χ4v) is 3.40. The van der Waals surface area contributed by atoms with E-state index in [0.29, 0.717) is 27.7 Å². The number of nitrogens with one attached hydrogen (secondary N) is 3. The summed E-state index contributed by atoms with van der Waals surface area (Å²) in [6, 6.07) is 9.83. The van der Waals surface area contributed by atoms with Crippen LogP contribution in [0.15, 0.2) is 39.6 Å². The Morgan fingerprint density at radius 2 is 1.85 bits per heavy atom. The number of aromatic amines is 2. The van der Waals surface area contributed by atoms with Gasteiger partial charge in [-0.2, -0.15) is 0 Å². The van der Waals surface area contributed by atoms with Crippen LogP contribution in [0.4, 0.5) is 5.69 Å². The first-order chi connectivity index (χ1) is 12.3. The zero-order valence-corrected chi connectivity index (χ0v) is 16.5. The molecule has 0 saturated carbocycles. The third-order valence-corrected chi connectivity index (χ3v) is 4.89. The van der Waals surface area contributed by atoms with Gasteiger partial charge >= 0.3 is 5.69 Å². The van der Waals surface area contributed by atoms with Crippen molar-refractivity contribution in [2.45, 2.75) is 20.4 Å². The number of hydrogen-bond donors (Lipinski definition) is 3. The Hall–Kier alpha value is -2.38. The molecule has 0 aliphatic rings. The second-order valence-corrected chi connectivity index (χ2v) is 7.46. The number of likely N-dealkylation sites (N-methyl/N-ethyl adjacent to an activating group) is 1. The average molecular weight is 417 g/mol. The molecule has 7 heteroatoms. The van der Waals surface area contributed by atoms with E-state index >= 15 is 0 Å². The summed E-state index contributed by atoms with van der Waals surface area (Å²) in [4.78, 5) is 31.1. The van der Waals surface area contributed by atoms with Gasteiger partial charge in [0.2, 0.25) is 5.91 Å². The minimum Gasteiger partial charge on any atom is -0.324 e. The van der Waals surface area contributed by atoms with Crippen molar-refractivity contribution >= 4 is 38.6 Å². The second-order valence-electron chi connectivity index (χ2n) is 6.61. The van der Waals surface area contributed by atoms with Crippen LogP contribution in [0.25, 0.3) is 11.0 Å². The maximum atomic E-state index is 12.4. The zero-order chi connectivity index (χ0) is 18.8. The molecule has 3 aromatic rings. The predicted molar refractivity (Wildman–Crippen MR) is 107 cm³/mol. The fraction of sp³-hybridized carbons (Fsp3) is 0.263. The molecule has 0 fully saturated rings. The van der Waals surface area contributed by atoms with Gasteiger partial charge in [0.1, 0.15) is 0 Å². The maximum absolute atomic E-state index is 12.4. The highest BCUT2D eigenvalue weighted by Gasteiger charge is 2.12. The van der Waals surface area contributed by atoms with E-state index in [9.17, 15) is 9.59 Å². The molecule has 3 N–H and O–H groups in total. The van der Waals surface area contributed by atoms with Crippen LogP contribution in [0.1, 0.15) is 16.7 Å². The molecule has 3 rings (SSSR count). The number of benzene rings is 2. The first kappa shape index (κ1) is 18.4. The quantitative estimate of drug-likeness (QED) is 0.596. The van der Waals surface area contributed by atoms with Crippen molar-refractivity contribution in [2.75, 3.05) is 18.9 Å². The van der Waals surface area contributed by atoms with Crippen LogP contribution < -0.4 is 11.0 Å². The van der Waals surface area contributed by atoms with E-state index in [-0.39, 0.29) is 18.1 Å². The molecular weight excluding hydrogens is 396 g/mol. The third kappa shape index (κ3) is 4.23. The standard InChI is InChI=1S/C19H21BrN4O2/c1-11-4-5-13(12(2)6-11)9-24(3)10-18(25)21-15-8-17-16(7-14(15)20)22-19(26)23-17/h4-8H,9-10H2,1-3H3,(H,21,25)(H2,22,23,26). The van der Waals surface area contributed by atoms with Gasteiger partial charge in [0.25, 0.3) is 0 Å². The normalized spacial score (nSPS) is 11.3. The molecule has 136 valence electrons. The van der Waals surface area contributed by atoms with Gasteiger partial charge in [0.15, 0.2) is 0 Å². The highest BCUT2D eigenvalue weighted by atomic mass is 79.9. The molecule has 0 saturated heterocycles. The summed E-state index contributed by atoms with van der Waals surface area (Å²) in [7, 11) is 1.92. The van der Waals surface area contributed by atoms with Crippen LogP contribution in [0.2, 0.25) is 0 Å². The number of carbonyl (C=O) groups excluding carboxylic acids is 1. The van der Waals surface area contributed by atoms with Crippen LogP contribution in [0, 0.1) is 13.8 Å². The van der Waals surface area contributed by atoms with Gasteiger partial charge in [-0.15, -0.1) is 0 Å². The van der Waals surface area contributed by atoms with Gasteiger partial charge < -0.3 is 15.3 Å². The van der Waals surface area contributed by atoms with Crippen molar-refractivity contribution in [3.05, 3.63) is 62.0 Å². The van der Waals surface area contributed by atoms with Crippen LogP contribution in [-0.4, -0.2) is 34.4 Å². The zero-order valence-electron chi connectivity index (χ0n) is 14.9. The highest BCUT2D eigenvalue weighted by Crippen LogP contribution is 2.26. The molecule has 0 aliphatic carbocycles. The lowest BCUT2D eigenvalue weighted by molar-refractivity contribution is -0.117. The molecule has 0 spiro atoms. The molecule has 1 heterocycles. The number of fused-ring (bicyclic) bond motifs is 1. The van der Waals surface area contributed by atoms with E-state index < -0.39 is 0 Å². The Morgan fingerprint density at radius 1 is 1.15 bits per heavy atom. The Balaban J connectivity index is 1.66. The Labute approximate surface area is 159 Å². The molecule has 0 radical (unpaired) electrons. The fourth-order valence-electron chi connectivity index (χ4n) is 2.96. The van der Waals surface area contributed by atoms with Crippen molar-refractivity contribution in [3.63, 3.8) is 0 Å². The summed E-state index contributed by atoms with van der Waals surface area (Å²) in [6.45, 7) is 5.12. The molecule has 0 bridgehead atoms. The molecule has 26 heavy (non-hydrogen) atoms. The Kier molecular flexibility index (Phi) is 5.29. The monoisotopic (exact) mass is 416 g/mol. The minimum absolute atomic E-state index is 0.116. The minimum atomic E-state index is -0.274. The van der Waals surface area contributed by atoms with Gasteiger partial charge in [0, 0.05) is 11.0 Å². The van der Waals surface area contributed by atoms with Crippen LogP contribution >= 0.6 is 15.9 Å². The number of rotatable bonds is 5. The number of halogens is 1. The van der Waals surface area contributed by atoms with Gasteiger partial charge in [-0.05, 0) is 60.1 Å². The SMILES string of the molecule is Cc1ccc(CN(C)CC(=O)Nc2cc3[nH]c(=O)[nH]c3cc2Br)c(C)c1. The molecule has 1 aromatic heterocycles. The van der Waals surface area contributed by atoms with Gasteiger partial charge in [-0.1, -0.05) is 23.8 Å². The average Bonchev–Trinajstić information content (AvgIpc) is 2.89. The third-order valence-electron chi connectivity index (χ3n) is 4.23. The van der Waals surface area contributed by atoms with Crippen LogP contribution in [0.5, 0.6) is 0 Å². The molecule has 0 unspecified atom stereocenters. The number of aryl methyl sites for hydroxylation is 2. The molecule has 0 atom stereocenters. The number of hydrogen-bond acceptors (Lipinski definition) is 3. The largest absolute Gasteiger partial charge is 0.324 e. The van der Waals surface area contributed by atoms with Crippen molar-refractivity contribution in [3.8, 4) is 0 Å². The summed E-state index contributed by atoms with van der Waals surface area (Å²) < 4.78 is 0.714. The number of imidazole rings is 1. The second kappa shape index (κ2) is 7.47. The molecule has 6 nitrogen and oxygen atoms in total.